The molecule has 1 aromatic heterocycles. The molecular formula is C22H28N2O3. The number of nitrogens with zero attached hydrogens (tertiary/aromatic N) is 1. The molecule has 5 heteroatoms. The smallest absolute Gasteiger partial charge is 0.227 e. The molecule has 1 amide bonds. The molecule has 1 aliphatic rings. The lowest BCUT2D eigenvalue weighted by Gasteiger charge is -2.37. The minimum Gasteiger partial charge on any atom is -0.394 e. The minimum absolute atomic E-state index is 0.0287. The number of benzene rings is 1. The maximum atomic E-state index is 13.1. The number of aliphatic hydroxyl groups excluding tert-OH is 1. The molecule has 2 aromatic rings. The highest BCUT2D eigenvalue weighted by Gasteiger charge is 2.40. The lowest BCUT2D eigenvalue weighted by molar-refractivity contribution is -0.137. The molecule has 5 nitrogen and oxygen atoms in total. The maximum Gasteiger partial charge on any atom is 0.227 e. The zero-order chi connectivity index (χ0) is 19.1. The van der Waals surface area contributed by atoms with Gasteiger partial charge in [0.25, 0.3) is 0 Å². The molecule has 1 saturated heterocycles. The van der Waals surface area contributed by atoms with Gasteiger partial charge in [-0.05, 0) is 54.5 Å². The van der Waals surface area contributed by atoms with E-state index in [1.807, 2.05) is 25.1 Å². The van der Waals surface area contributed by atoms with Gasteiger partial charge in [-0.3, -0.25) is 9.78 Å². The van der Waals surface area contributed by atoms with Crippen LogP contribution in [0, 0.1) is 5.41 Å². The summed E-state index contributed by atoms with van der Waals surface area (Å²) in [7, 11) is 0. The third-order valence-corrected chi connectivity index (χ3v) is 5.46. The van der Waals surface area contributed by atoms with Crippen LogP contribution in [-0.2, 0) is 16.0 Å². The number of carbonyl (C=O) groups excluding carboxylic acids is 1. The highest BCUT2D eigenvalue weighted by molar-refractivity contribution is 5.83. The third-order valence-electron chi connectivity index (χ3n) is 5.46. The van der Waals surface area contributed by atoms with Crippen molar-refractivity contribution in [3.05, 3.63) is 54.4 Å². The number of hydrogen-bond donors (Lipinski definition) is 2. The van der Waals surface area contributed by atoms with E-state index in [-0.39, 0.29) is 18.6 Å². The largest absolute Gasteiger partial charge is 0.394 e. The number of aliphatic hydroxyl groups is 1. The predicted molar refractivity (Wildman–Crippen MR) is 105 cm³/mol. The van der Waals surface area contributed by atoms with Crippen molar-refractivity contribution in [3.63, 3.8) is 0 Å². The number of nitrogens with one attached hydrogen (secondary N) is 1. The van der Waals surface area contributed by atoms with Gasteiger partial charge in [0.1, 0.15) is 0 Å². The van der Waals surface area contributed by atoms with E-state index in [9.17, 15) is 9.90 Å². The summed E-state index contributed by atoms with van der Waals surface area (Å²) in [6.45, 7) is 3.11. The van der Waals surface area contributed by atoms with E-state index in [1.54, 1.807) is 12.4 Å². The van der Waals surface area contributed by atoms with E-state index >= 15 is 0 Å². The van der Waals surface area contributed by atoms with Crippen LogP contribution in [0.2, 0.25) is 0 Å². The summed E-state index contributed by atoms with van der Waals surface area (Å²) in [5.74, 6) is 0.0287. The fraction of sp³-hybridized carbons (Fsp3) is 0.455. The monoisotopic (exact) mass is 368 g/mol. The van der Waals surface area contributed by atoms with Crippen LogP contribution in [0.3, 0.4) is 0 Å². The Morgan fingerprint density at radius 3 is 2.63 bits per heavy atom. The summed E-state index contributed by atoms with van der Waals surface area (Å²) in [6, 6.07) is 12.1. The molecule has 1 aliphatic heterocycles. The maximum absolute atomic E-state index is 13.1. The lowest BCUT2D eigenvalue weighted by atomic mass is 9.74. The molecular weight excluding hydrogens is 340 g/mol. The molecule has 0 spiro atoms. The Balaban J connectivity index is 1.83. The van der Waals surface area contributed by atoms with Crippen molar-refractivity contribution in [1.82, 2.24) is 10.3 Å². The van der Waals surface area contributed by atoms with Crippen LogP contribution < -0.4 is 5.32 Å². The number of hydrogen-bond acceptors (Lipinski definition) is 4. The van der Waals surface area contributed by atoms with E-state index in [1.165, 1.54) is 0 Å². The van der Waals surface area contributed by atoms with Crippen LogP contribution in [0.25, 0.3) is 11.1 Å². The molecule has 2 N–H and O–H groups in total. The molecule has 1 fully saturated rings. The first-order chi connectivity index (χ1) is 13.2. The second kappa shape index (κ2) is 9.11. The highest BCUT2D eigenvalue weighted by atomic mass is 16.5. The van der Waals surface area contributed by atoms with Gasteiger partial charge < -0.3 is 15.2 Å². The number of aromatic nitrogens is 1. The molecule has 0 unspecified atom stereocenters. The Hall–Kier alpha value is -2.24. The van der Waals surface area contributed by atoms with Gasteiger partial charge >= 0.3 is 0 Å². The molecule has 1 aromatic carbocycles. The summed E-state index contributed by atoms with van der Waals surface area (Å²) in [5.41, 5.74) is 2.89. The molecule has 27 heavy (non-hydrogen) atoms. The normalized spacial score (nSPS) is 17.3. The Kier molecular flexibility index (Phi) is 6.58. The summed E-state index contributed by atoms with van der Waals surface area (Å²) in [4.78, 5) is 17.2. The lowest BCUT2D eigenvalue weighted by Crippen LogP contribution is -2.50. The average Bonchev–Trinajstić information content (AvgIpc) is 2.73. The Labute approximate surface area is 160 Å². The van der Waals surface area contributed by atoms with Gasteiger partial charge in [-0.1, -0.05) is 31.2 Å². The Bertz CT molecular complexity index is 738. The molecule has 1 atom stereocenters. The zero-order valence-electron chi connectivity index (χ0n) is 15.9. The summed E-state index contributed by atoms with van der Waals surface area (Å²) >= 11 is 0. The first-order valence-electron chi connectivity index (χ1n) is 9.66. The summed E-state index contributed by atoms with van der Waals surface area (Å²) in [6.07, 6.45) is 6.35. The molecule has 0 aliphatic carbocycles. The SMILES string of the molecule is CC[C@@H](CO)NC(=O)C1(Cc2cccc(-c3ccncc3)c2)CCOCC1. The van der Waals surface area contributed by atoms with Gasteiger partial charge in [-0.15, -0.1) is 0 Å². The van der Waals surface area contributed by atoms with Crippen molar-refractivity contribution in [3.8, 4) is 11.1 Å². The first kappa shape index (κ1) is 19.5. The summed E-state index contributed by atoms with van der Waals surface area (Å²) < 4.78 is 5.53. The molecule has 0 radical (unpaired) electrons. The molecule has 144 valence electrons. The van der Waals surface area contributed by atoms with Gasteiger partial charge in [0.05, 0.1) is 18.1 Å². The van der Waals surface area contributed by atoms with Crippen LogP contribution in [0.15, 0.2) is 48.8 Å². The van der Waals surface area contributed by atoms with Gasteiger partial charge in [0.15, 0.2) is 0 Å². The number of rotatable bonds is 7. The predicted octanol–water partition coefficient (Wildman–Crippen LogP) is 2.98. The van der Waals surface area contributed by atoms with E-state index in [0.29, 0.717) is 38.9 Å². The summed E-state index contributed by atoms with van der Waals surface area (Å²) in [5, 5.41) is 12.5. The minimum atomic E-state index is -0.488. The van der Waals surface area contributed by atoms with Crippen LogP contribution >= 0.6 is 0 Å². The molecule has 0 bridgehead atoms. The zero-order valence-corrected chi connectivity index (χ0v) is 15.9. The number of carbonyl (C=O) groups is 1. The van der Waals surface area contributed by atoms with Gasteiger partial charge in [0.2, 0.25) is 5.91 Å². The first-order valence-corrected chi connectivity index (χ1v) is 9.66. The fourth-order valence-corrected chi connectivity index (χ4v) is 3.66. The third kappa shape index (κ3) is 4.73. The molecule has 3 rings (SSSR count). The van der Waals surface area contributed by atoms with Gasteiger partial charge in [-0.2, -0.15) is 0 Å². The van der Waals surface area contributed by atoms with E-state index in [2.05, 4.69) is 28.5 Å². The number of amides is 1. The van der Waals surface area contributed by atoms with Crippen LogP contribution in [0.4, 0.5) is 0 Å². The van der Waals surface area contributed by atoms with Crippen LogP contribution in [0.1, 0.15) is 31.7 Å². The molecule has 2 heterocycles. The van der Waals surface area contributed by atoms with Crippen molar-refractivity contribution in [2.24, 2.45) is 5.41 Å². The van der Waals surface area contributed by atoms with E-state index < -0.39 is 5.41 Å². The quantitative estimate of drug-likeness (QED) is 0.788. The second-order valence-electron chi connectivity index (χ2n) is 7.27. The van der Waals surface area contributed by atoms with Gasteiger partial charge in [-0.25, -0.2) is 0 Å². The standard InChI is InChI=1S/C22H28N2O3/c1-2-20(16-25)24-21(26)22(8-12-27-13-9-22)15-17-4-3-5-19(14-17)18-6-10-23-11-7-18/h3-7,10-11,14,20,25H,2,8-9,12-13,15-16H2,1H3,(H,24,26)/t20-/m0/s1. The fourth-order valence-electron chi connectivity index (χ4n) is 3.66. The van der Waals surface area contributed by atoms with Crippen molar-refractivity contribution in [1.29, 1.82) is 0 Å². The van der Waals surface area contributed by atoms with Crippen molar-refractivity contribution in [2.75, 3.05) is 19.8 Å². The van der Waals surface area contributed by atoms with Crippen molar-refractivity contribution >= 4 is 5.91 Å². The Morgan fingerprint density at radius 2 is 1.96 bits per heavy atom. The van der Waals surface area contributed by atoms with Crippen LogP contribution in [-0.4, -0.2) is 41.9 Å². The Morgan fingerprint density at radius 1 is 1.22 bits per heavy atom. The van der Waals surface area contributed by atoms with Crippen LogP contribution in [0.5, 0.6) is 0 Å². The molecule has 0 saturated carbocycles. The van der Waals surface area contributed by atoms with Crippen molar-refractivity contribution < 1.29 is 14.6 Å². The highest BCUT2D eigenvalue weighted by Crippen LogP contribution is 2.36. The second-order valence-corrected chi connectivity index (χ2v) is 7.27. The van der Waals surface area contributed by atoms with Gasteiger partial charge in [0, 0.05) is 25.6 Å². The van der Waals surface area contributed by atoms with E-state index in [0.717, 1.165) is 16.7 Å². The topological polar surface area (TPSA) is 71.5 Å². The average molecular weight is 368 g/mol. The number of pyridine rings is 1. The van der Waals surface area contributed by atoms with E-state index in [4.69, 9.17) is 4.74 Å². The van der Waals surface area contributed by atoms with Crippen molar-refractivity contribution in [2.45, 2.75) is 38.6 Å². The number of ether oxygens (including phenoxy) is 1.